The smallest absolute Gasteiger partial charge is 0.212 e. The summed E-state index contributed by atoms with van der Waals surface area (Å²) in [5, 5.41) is -0.341. The van der Waals surface area contributed by atoms with Gasteiger partial charge in [-0.05, 0) is 26.7 Å². The molecule has 1 aliphatic heterocycles. The van der Waals surface area contributed by atoms with Crippen LogP contribution in [-0.4, -0.2) is 36.4 Å². The van der Waals surface area contributed by atoms with Crippen LogP contribution in [0, 0.1) is 0 Å². The molecule has 1 heterocycles. The van der Waals surface area contributed by atoms with Crippen molar-refractivity contribution in [3.05, 3.63) is 0 Å². The first-order valence-electron chi connectivity index (χ1n) is 5.06. The number of rotatable bonds is 3. The maximum absolute atomic E-state index is 11.9. The van der Waals surface area contributed by atoms with E-state index < -0.39 is 10.0 Å². The fourth-order valence-electron chi connectivity index (χ4n) is 1.73. The highest BCUT2D eigenvalue weighted by Gasteiger charge is 2.33. The zero-order chi connectivity index (χ0) is 10.8. The monoisotopic (exact) mass is 239 g/mol. The van der Waals surface area contributed by atoms with Crippen molar-refractivity contribution in [1.29, 1.82) is 0 Å². The van der Waals surface area contributed by atoms with Gasteiger partial charge in [0.2, 0.25) is 10.0 Å². The second kappa shape index (κ2) is 4.81. The Bertz CT molecular complexity index is 277. The summed E-state index contributed by atoms with van der Waals surface area (Å²) in [7, 11) is -3.11. The van der Waals surface area contributed by atoms with E-state index in [0.29, 0.717) is 12.4 Å². The first-order chi connectivity index (χ1) is 6.50. The summed E-state index contributed by atoms with van der Waals surface area (Å²) < 4.78 is 25.4. The van der Waals surface area contributed by atoms with Gasteiger partial charge >= 0.3 is 0 Å². The third-order valence-electron chi connectivity index (χ3n) is 2.67. The maximum atomic E-state index is 11.9. The van der Waals surface area contributed by atoms with Crippen molar-refractivity contribution in [2.45, 2.75) is 44.4 Å². The van der Waals surface area contributed by atoms with Gasteiger partial charge in [0.25, 0.3) is 0 Å². The average Bonchev–Trinajstić information content (AvgIpc) is 2.17. The molecular weight excluding hydrogens is 222 g/mol. The van der Waals surface area contributed by atoms with Gasteiger partial charge in [-0.1, -0.05) is 6.42 Å². The van der Waals surface area contributed by atoms with Crippen molar-refractivity contribution in [3.63, 3.8) is 0 Å². The van der Waals surface area contributed by atoms with Crippen LogP contribution < -0.4 is 0 Å². The normalized spacial score (nSPS) is 25.6. The summed E-state index contributed by atoms with van der Waals surface area (Å²) in [6.45, 7) is 4.07. The van der Waals surface area contributed by atoms with Crippen LogP contribution >= 0.6 is 11.6 Å². The van der Waals surface area contributed by atoms with Gasteiger partial charge in [0, 0.05) is 18.5 Å². The van der Waals surface area contributed by atoms with Crippen LogP contribution in [0.1, 0.15) is 33.1 Å². The molecule has 0 bridgehead atoms. The standard InChI is InChI=1S/C9H18ClNO2S/c1-8(2)14(12,13)11-6-4-3-5-9(11)7-10/h8-9H,3-7H2,1-2H3. The van der Waals surface area contributed by atoms with Crippen LogP contribution in [0.4, 0.5) is 0 Å². The Morgan fingerprint density at radius 2 is 2.07 bits per heavy atom. The summed E-state index contributed by atoms with van der Waals surface area (Å²) in [5.74, 6) is 0.409. The zero-order valence-electron chi connectivity index (χ0n) is 8.74. The average molecular weight is 240 g/mol. The summed E-state index contributed by atoms with van der Waals surface area (Å²) in [5.41, 5.74) is 0. The van der Waals surface area contributed by atoms with Gasteiger partial charge in [-0.2, -0.15) is 4.31 Å². The molecular formula is C9H18ClNO2S. The molecule has 1 unspecified atom stereocenters. The lowest BCUT2D eigenvalue weighted by molar-refractivity contribution is 0.269. The van der Waals surface area contributed by atoms with E-state index >= 15 is 0 Å². The van der Waals surface area contributed by atoms with Crippen LogP contribution in [-0.2, 0) is 10.0 Å². The van der Waals surface area contributed by atoms with Crippen molar-refractivity contribution in [2.75, 3.05) is 12.4 Å². The second-order valence-corrected chi connectivity index (χ2v) is 6.76. The van der Waals surface area contributed by atoms with E-state index in [1.807, 2.05) is 0 Å². The third kappa shape index (κ3) is 2.41. The van der Waals surface area contributed by atoms with Crippen molar-refractivity contribution in [2.24, 2.45) is 0 Å². The molecule has 1 aliphatic rings. The van der Waals surface area contributed by atoms with Crippen LogP contribution in [0.5, 0.6) is 0 Å². The summed E-state index contributed by atoms with van der Waals surface area (Å²) in [6, 6.07) is 0.0119. The molecule has 1 saturated heterocycles. The molecule has 0 saturated carbocycles. The predicted molar refractivity (Wildman–Crippen MR) is 59.1 cm³/mol. The quantitative estimate of drug-likeness (QED) is 0.705. The molecule has 3 nitrogen and oxygen atoms in total. The molecule has 84 valence electrons. The SMILES string of the molecule is CC(C)S(=O)(=O)N1CCCCC1CCl. The summed E-state index contributed by atoms with van der Waals surface area (Å²) in [4.78, 5) is 0. The first-order valence-corrected chi connectivity index (χ1v) is 7.10. The topological polar surface area (TPSA) is 37.4 Å². The Balaban J connectivity index is 2.83. The molecule has 14 heavy (non-hydrogen) atoms. The third-order valence-corrected chi connectivity index (χ3v) is 5.36. The second-order valence-electron chi connectivity index (χ2n) is 4.01. The molecule has 0 amide bonds. The van der Waals surface area contributed by atoms with E-state index in [1.165, 1.54) is 0 Å². The highest BCUT2D eigenvalue weighted by atomic mass is 35.5. The van der Waals surface area contributed by atoms with Crippen molar-refractivity contribution >= 4 is 21.6 Å². The summed E-state index contributed by atoms with van der Waals surface area (Å²) >= 11 is 5.78. The van der Waals surface area contributed by atoms with Crippen LogP contribution in [0.25, 0.3) is 0 Å². The van der Waals surface area contributed by atoms with Gasteiger partial charge in [-0.25, -0.2) is 8.42 Å². The number of alkyl halides is 1. The van der Waals surface area contributed by atoms with Gasteiger partial charge in [0.1, 0.15) is 0 Å². The van der Waals surface area contributed by atoms with Gasteiger partial charge < -0.3 is 0 Å². The van der Waals surface area contributed by atoms with E-state index in [2.05, 4.69) is 0 Å². The molecule has 0 spiro atoms. The van der Waals surface area contributed by atoms with E-state index in [9.17, 15) is 8.42 Å². The van der Waals surface area contributed by atoms with E-state index in [1.54, 1.807) is 18.2 Å². The van der Waals surface area contributed by atoms with E-state index in [-0.39, 0.29) is 11.3 Å². The maximum Gasteiger partial charge on any atom is 0.216 e. The number of nitrogens with zero attached hydrogens (tertiary/aromatic N) is 1. The lowest BCUT2D eigenvalue weighted by atomic mass is 10.1. The molecule has 1 atom stereocenters. The number of hydrogen-bond acceptors (Lipinski definition) is 2. The molecule has 1 rings (SSSR count). The lowest BCUT2D eigenvalue weighted by Gasteiger charge is -2.34. The van der Waals surface area contributed by atoms with Crippen molar-refractivity contribution in [1.82, 2.24) is 4.31 Å². The largest absolute Gasteiger partial charge is 0.216 e. The van der Waals surface area contributed by atoms with E-state index in [4.69, 9.17) is 11.6 Å². The fourth-order valence-corrected chi connectivity index (χ4v) is 3.66. The number of hydrogen-bond donors (Lipinski definition) is 0. The Morgan fingerprint density at radius 1 is 1.43 bits per heavy atom. The summed E-state index contributed by atoms with van der Waals surface area (Å²) in [6.07, 6.45) is 2.94. The molecule has 0 aromatic rings. The lowest BCUT2D eigenvalue weighted by Crippen LogP contribution is -2.47. The Labute approximate surface area is 91.5 Å². The van der Waals surface area contributed by atoms with Gasteiger partial charge in [0.15, 0.2) is 0 Å². The van der Waals surface area contributed by atoms with Crippen LogP contribution in [0.2, 0.25) is 0 Å². The molecule has 0 radical (unpaired) electrons. The minimum absolute atomic E-state index is 0.0119. The highest BCUT2D eigenvalue weighted by Crippen LogP contribution is 2.23. The van der Waals surface area contributed by atoms with Crippen LogP contribution in [0.3, 0.4) is 0 Å². The van der Waals surface area contributed by atoms with Gasteiger partial charge in [0.05, 0.1) is 5.25 Å². The van der Waals surface area contributed by atoms with Crippen molar-refractivity contribution < 1.29 is 8.42 Å². The molecule has 0 aromatic carbocycles. The predicted octanol–water partition coefficient (Wildman–Crippen LogP) is 1.82. The highest BCUT2D eigenvalue weighted by molar-refractivity contribution is 7.89. The van der Waals surface area contributed by atoms with Gasteiger partial charge in [-0.15, -0.1) is 11.6 Å². The van der Waals surface area contributed by atoms with Gasteiger partial charge in [-0.3, -0.25) is 0 Å². The molecule has 0 N–H and O–H groups in total. The number of piperidine rings is 1. The first kappa shape index (κ1) is 12.3. The van der Waals surface area contributed by atoms with Crippen molar-refractivity contribution in [3.8, 4) is 0 Å². The zero-order valence-corrected chi connectivity index (χ0v) is 10.3. The Kier molecular flexibility index (Phi) is 4.22. The number of sulfonamides is 1. The Morgan fingerprint density at radius 3 is 2.57 bits per heavy atom. The minimum atomic E-state index is -3.11. The fraction of sp³-hybridized carbons (Fsp3) is 1.00. The molecule has 0 aromatic heterocycles. The van der Waals surface area contributed by atoms with E-state index in [0.717, 1.165) is 19.3 Å². The Hall–Kier alpha value is 0.200. The van der Waals surface area contributed by atoms with Crippen LogP contribution in [0.15, 0.2) is 0 Å². The molecule has 0 aliphatic carbocycles. The molecule has 5 heteroatoms. The number of halogens is 1. The molecule has 1 fully saturated rings. The minimum Gasteiger partial charge on any atom is -0.212 e.